The Morgan fingerprint density at radius 2 is 2.07 bits per heavy atom. The Kier molecular flexibility index (Phi) is 5.99. The van der Waals surface area contributed by atoms with Gasteiger partial charge in [0.05, 0.1) is 29.0 Å². The van der Waals surface area contributed by atoms with Crippen LogP contribution in [0.1, 0.15) is 34.4 Å². The molecule has 3 rings (SSSR count). The van der Waals surface area contributed by atoms with E-state index >= 15 is 0 Å². The smallest absolute Gasteiger partial charge is 0.276 e. The predicted molar refractivity (Wildman–Crippen MR) is 101 cm³/mol. The average molecular weight is 407 g/mol. The molecular weight excluding hydrogens is 387 g/mol. The van der Waals surface area contributed by atoms with Gasteiger partial charge < -0.3 is 14.2 Å². The first-order chi connectivity index (χ1) is 13.4. The van der Waals surface area contributed by atoms with Gasteiger partial charge in [0.2, 0.25) is 0 Å². The second-order valence-electron chi connectivity index (χ2n) is 6.22. The van der Waals surface area contributed by atoms with Crippen LogP contribution in [0.5, 0.6) is 5.75 Å². The Hall–Kier alpha value is -2.87. The number of halogens is 2. The number of rotatable bonds is 7. The van der Waals surface area contributed by atoms with Gasteiger partial charge in [0, 0.05) is 13.6 Å². The molecule has 0 fully saturated rings. The van der Waals surface area contributed by atoms with Crippen LogP contribution in [0, 0.1) is 12.7 Å². The third-order valence-electron chi connectivity index (χ3n) is 4.31. The van der Waals surface area contributed by atoms with E-state index in [1.807, 2.05) is 6.92 Å². The van der Waals surface area contributed by atoms with Crippen molar-refractivity contribution in [3.8, 4) is 5.75 Å². The molecule has 0 atom stereocenters. The van der Waals surface area contributed by atoms with Gasteiger partial charge in [-0.05, 0) is 38.1 Å². The monoisotopic (exact) mass is 406 g/mol. The molecule has 0 unspecified atom stereocenters. The van der Waals surface area contributed by atoms with Gasteiger partial charge in [-0.2, -0.15) is 5.10 Å². The minimum Gasteiger partial charge on any atom is -0.489 e. The summed E-state index contributed by atoms with van der Waals surface area (Å²) in [6, 6.07) is 5.63. The van der Waals surface area contributed by atoms with Crippen molar-refractivity contribution < 1.29 is 18.4 Å². The van der Waals surface area contributed by atoms with E-state index in [4.69, 9.17) is 20.9 Å². The van der Waals surface area contributed by atoms with Crippen molar-refractivity contribution in [1.29, 1.82) is 0 Å². The molecule has 0 N–H and O–H groups in total. The summed E-state index contributed by atoms with van der Waals surface area (Å²) >= 11 is 6.18. The van der Waals surface area contributed by atoms with Crippen LogP contribution < -0.4 is 4.74 Å². The quantitative estimate of drug-likeness (QED) is 0.596. The summed E-state index contributed by atoms with van der Waals surface area (Å²) in [5.74, 6) is 0.285. The van der Waals surface area contributed by atoms with Gasteiger partial charge in [-0.15, -0.1) is 0 Å². The van der Waals surface area contributed by atoms with Crippen molar-refractivity contribution in [3.63, 3.8) is 0 Å². The zero-order chi connectivity index (χ0) is 20.3. The maximum absolute atomic E-state index is 13.0. The molecule has 2 aromatic heterocycles. The maximum atomic E-state index is 13.0. The van der Waals surface area contributed by atoms with Crippen LogP contribution in [0.4, 0.5) is 4.39 Å². The van der Waals surface area contributed by atoms with Crippen LogP contribution in [0.3, 0.4) is 0 Å². The molecule has 3 aromatic rings. The SMILES string of the molecule is CCn1ncc(Cl)c1CN(C)C(=O)c1noc(C)c1COc1ccc(F)cc1. The zero-order valence-electron chi connectivity index (χ0n) is 15.8. The number of carbonyl (C=O) groups excluding carboxylic acids is 1. The van der Waals surface area contributed by atoms with Gasteiger partial charge in [-0.1, -0.05) is 16.8 Å². The van der Waals surface area contributed by atoms with Crippen LogP contribution in [0.2, 0.25) is 5.02 Å². The number of aryl methyl sites for hydroxylation is 2. The molecule has 0 saturated heterocycles. The van der Waals surface area contributed by atoms with E-state index in [-0.39, 0.29) is 30.6 Å². The highest BCUT2D eigenvalue weighted by atomic mass is 35.5. The minimum atomic E-state index is -0.351. The second-order valence-corrected chi connectivity index (χ2v) is 6.63. The molecule has 1 amide bonds. The molecule has 7 nitrogen and oxygen atoms in total. The molecular formula is C19H20ClFN4O3. The van der Waals surface area contributed by atoms with E-state index in [9.17, 15) is 9.18 Å². The summed E-state index contributed by atoms with van der Waals surface area (Å²) in [6.07, 6.45) is 1.56. The van der Waals surface area contributed by atoms with Crippen LogP contribution in [0.15, 0.2) is 35.0 Å². The number of ether oxygens (including phenoxy) is 1. The Balaban J connectivity index is 1.74. The molecule has 0 saturated carbocycles. The second kappa shape index (κ2) is 8.43. The number of nitrogens with zero attached hydrogens (tertiary/aromatic N) is 4. The Morgan fingerprint density at radius 1 is 1.36 bits per heavy atom. The van der Waals surface area contributed by atoms with E-state index in [0.717, 1.165) is 5.69 Å². The van der Waals surface area contributed by atoms with Gasteiger partial charge >= 0.3 is 0 Å². The lowest BCUT2D eigenvalue weighted by Gasteiger charge is -2.17. The molecule has 28 heavy (non-hydrogen) atoms. The van der Waals surface area contributed by atoms with Crippen molar-refractivity contribution >= 4 is 17.5 Å². The summed E-state index contributed by atoms with van der Waals surface area (Å²) in [5, 5.41) is 8.57. The number of aromatic nitrogens is 3. The lowest BCUT2D eigenvalue weighted by Crippen LogP contribution is -2.29. The number of hydrogen-bond acceptors (Lipinski definition) is 5. The van der Waals surface area contributed by atoms with E-state index in [1.54, 1.807) is 24.9 Å². The van der Waals surface area contributed by atoms with Crippen molar-refractivity contribution in [2.24, 2.45) is 0 Å². The van der Waals surface area contributed by atoms with Crippen LogP contribution >= 0.6 is 11.6 Å². The van der Waals surface area contributed by atoms with Crippen LogP contribution in [0.25, 0.3) is 0 Å². The Labute approximate surface area is 166 Å². The number of amides is 1. The first-order valence-corrected chi connectivity index (χ1v) is 9.07. The van der Waals surface area contributed by atoms with E-state index in [1.165, 1.54) is 29.2 Å². The van der Waals surface area contributed by atoms with Gasteiger partial charge in [-0.25, -0.2) is 4.39 Å². The summed E-state index contributed by atoms with van der Waals surface area (Å²) in [6.45, 7) is 4.64. The van der Waals surface area contributed by atoms with Crippen molar-refractivity contribution in [3.05, 3.63) is 64.0 Å². The molecule has 0 aliphatic heterocycles. The molecule has 2 heterocycles. The molecule has 0 spiro atoms. The molecule has 9 heteroatoms. The van der Waals surface area contributed by atoms with E-state index in [0.29, 0.717) is 28.6 Å². The summed E-state index contributed by atoms with van der Waals surface area (Å²) in [5.41, 5.74) is 1.45. The van der Waals surface area contributed by atoms with Gasteiger partial charge in [0.1, 0.15) is 23.9 Å². The third-order valence-corrected chi connectivity index (χ3v) is 4.63. The largest absolute Gasteiger partial charge is 0.489 e. The zero-order valence-corrected chi connectivity index (χ0v) is 16.5. The first kappa shape index (κ1) is 19.9. The van der Waals surface area contributed by atoms with Gasteiger partial charge in [-0.3, -0.25) is 9.48 Å². The van der Waals surface area contributed by atoms with E-state index in [2.05, 4.69) is 10.3 Å². The highest BCUT2D eigenvalue weighted by Crippen LogP contribution is 2.21. The predicted octanol–water partition coefficient (Wildman–Crippen LogP) is 3.84. The molecule has 0 aliphatic rings. The van der Waals surface area contributed by atoms with Gasteiger partial charge in [0.15, 0.2) is 5.69 Å². The minimum absolute atomic E-state index is 0.0729. The van der Waals surface area contributed by atoms with Gasteiger partial charge in [0.25, 0.3) is 5.91 Å². The molecule has 0 radical (unpaired) electrons. The van der Waals surface area contributed by atoms with Crippen LogP contribution in [-0.2, 0) is 19.7 Å². The molecule has 0 aliphatic carbocycles. The number of benzene rings is 1. The lowest BCUT2D eigenvalue weighted by molar-refractivity contribution is 0.0769. The standard InChI is InChI=1S/C19H20ClFN4O3/c1-4-25-17(16(20)9-22-25)10-24(3)19(26)18-15(12(2)28-23-18)11-27-14-7-5-13(21)6-8-14/h5-9H,4,10-11H2,1-3H3. The average Bonchev–Trinajstić information content (AvgIpc) is 3.23. The summed E-state index contributed by atoms with van der Waals surface area (Å²) < 4.78 is 25.6. The molecule has 1 aromatic carbocycles. The highest BCUT2D eigenvalue weighted by Gasteiger charge is 2.24. The number of carbonyl (C=O) groups is 1. The fourth-order valence-corrected chi connectivity index (χ4v) is 2.91. The normalized spacial score (nSPS) is 10.9. The summed E-state index contributed by atoms with van der Waals surface area (Å²) in [7, 11) is 1.65. The van der Waals surface area contributed by atoms with Crippen molar-refractivity contribution in [2.75, 3.05) is 7.05 Å². The fraction of sp³-hybridized carbons (Fsp3) is 0.316. The first-order valence-electron chi connectivity index (χ1n) is 8.69. The molecule has 148 valence electrons. The topological polar surface area (TPSA) is 73.4 Å². The van der Waals surface area contributed by atoms with Crippen molar-refractivity contribution in [2.45, 2.75) is 33.5 Å². The lowest BCUT2D eigenvalue weighted by atomic mass is 10.2. The molecule has 0 bridgehead atoms. The highest BCUT2D eigenvalue weighted by molar-refractivity contribution is 6.31. The van der Waals surface area contributed by atoms with E-state index < -0.39 is 0 Å². The Morgan fingerprint density at radius 3 is 2.75 bits per heavy atom. The van der Waals surface area contributed by atoms with Crippen molar-refractivity contribution in [1.82, 2.24) is 19.8 Å². The fourth-order valence-electron chi connectivity index (χ4n) is 2.71. The maximum Gasteiger partial charge on any atom is 0.276 e. The number of hydrogen-bond donors (Lipinski definition) is 0. The van der Waals surface area contributed by atoms with Crippen LogP contribution in [-0.4, -0.2) is 32.8 Å². The third kappa shape index (κ3) is 4.17. The summed E-state index contributed by atoms with van der Waals surface area (Å²) in [4.78, 5) is 14.4. The Bertz CT molecular complexity index is 968.